The molecule has 4 aromatic heterocycles. The molecule has 19 heteroatoms. The molecule has 2 aliphatic carbocycles. The summed E-state index contributed by atoms with van der Waals surface area (Å²) in [6, 6.07) is 6.14. The van der Waals surface area contributed by atoms with Crippen molar-refractivity contribution in [2.45, 2.75) is 43.4 Å². The maximum absolute atomic E-state index is 15.3. The van der Waals surface area contributed by atoms with Gasteiger partial charge in [0, 0.05) is 41.1 Å². The minimum atomic E-state index is -5.07. The van der Waals surface area contributed by atoms with Crippen LogP contribution in [0.2, 0.25) is 0 Å². The summed E-state index contributed by atoms with van der Waals surface area (Å²) in [6.45, 7) is -1.09. The first-order chi connectivity index (χ1) is 25.6. The van der Waals surface area contributed by atoms with Gasteiger partial charge in [0.2, 0.25) is 5.91 Å². The molecule has 3 atom stereocenters. The summed E-state index contributed by atoms with van der Waals surface area (Å²) in [5.41, 5.74) is 2.68. The molecular weight excluding hydrogens is 748 g/mol. The van der Waals surface area contributed by atoms with E-state index in [0.29, 0.717) is 26.0 Å². The molecule has 2 aromatic carbocycles. The van der Waals surface area contributed by atoms with Crippen LogP contribution in [0, 0.1) is 23.4 Å². The van der Waals surface area contributed by atoms with Crippen LogP contribution in [-0.4, -0.2) is 41.5 Å². The third-order valence-electron chi connectivity index (χ3n) is 9.28. The summed E-state index contributed by atoms with van der Waals surface area (Å²) < 4.78 is 117. The molecule has 0 unspecified atom stereocenters. The number of rotatable bonds is 9. The molecule has 2 amide bonds. The highest BCUT2D eigenvalue weighted by molar-refractivity contribution is 7.21. The average Bonchev–Trinajstić information content (AvgIpc) is 3.55. The molecule has 8 rings (SSSR count). The fourth-order valence-electron chi connectivity index (χ4n) is 6.94. The number of aromatic nitrogens is 6. The third-order valence-corrected chi connectivity index (χ3v) is 10.3. The monoisotopic (exact) mass is 770 g/mol. The van der Waals surface area contributed by atoms with Crippen molar-refractivity contribution in [3.8, 4) is 21.7 Å². The van der Waals surface area contributed by atoms with E-state index < -0.39 is 94.7 Å². The summed E-state index contributed by atoms with van der Waals surface area (Å²) >= 11 is 1.16. The average molecular weight is 771 g/mol. The zero-order chi connectivity index (χ0) is 38.3. The van der Waals surface area contributed by atoms with Crippen LogP contribution in [0.3, 0.4) is 0 Å². The van der Waals surface area contributed by atoms with Gasteiger partial charge in [-0.15, -0.1) is 11.3 Å². The first-order valence-electron chi connectivity index (χ1n) is 16.1. The molecule has 6 aromatic rings. The minimum absolute atomic E-state index is 0.00561. The van der Waals surface area contributed by atoms with Crippen LogP contribution in [0.1, 0.15) is 56.9 Å². The highest BCUT2D eigenvalue weighted by Crippen LogP contribution is 2.68. The molecule has 2 aliphatic rings. The lowest BCUT2D eigenvalue weighted by molar-refractivity contribution is -0.142. The van der Waals surface area contributed by atoms with Crippen LogP contribution in [0.4, 0.5) is 35.1 Å². The molecular formula is C35H22F8N8O2S. The molecule has 10 nitrogen and oxygen atoms in total. The van der Waals surface area contributed by atoms with Gasteiger partial charge in [0.25, 0.3) is 11.8 Å². The van der Waals surface area contributed by atoms with E-state index in [1.165, 1.54) is 24.8 Å². The molecule has 54 heavy (non-hydrogen) atoms. The molecule has 1 fully saturated rings. The number of primary amides is 1. The summed E-state index contributed by atoms with van der Waals surface area (Å²) in [5.74, 6) is -11.2. The smallest absolute Gasteiger partial charge is 0.366 e. The lowest BCUT2D eigenvalue weighted by atomic mass is 9.94. The second-order valence-electron chi connectivity index (χ2n) is 12.9. The van der Waals surface area contributed by atoms with E-state index in [1.54, 1.807) is 6.07 Å². The number of carbonyl (C=O) groups excluding carboxylic acids is 2. The first kappa shape index (κ1) is 35.2. The Hall–Kier alpha value is -5.85. The van der Waals surface area contributed by atoms with Crippen LogP contribution in [0.25, 0.3) is 32.0 Å². The SMILES string of the molecule is NC(=O)c1cc(-c2cc3sc(-c4cncnc4)nc3nc2[C@H](Cc2cc(F)cc(F)c2)NC(=O)Cn2nc(C(F)(F)F)c3c2C(F)(F)[C@@H]2C[C@H]32)ccc1F. The van der Waals surface area contributed by atoms with Gasteiger partial charge in [-0.05, 0) is 60.2 Å². The van der Waals surface area contributed by atoms with E-state index in [4.69, 9.17) is 5.73 Å². The predicted molar refractivity (Wildman–Crippen MR) is 175 cm³/mol. The van der Waals surface area contributed by atoms with E-state index in [9.17, 15) is 35.9 Å². The third kappa shape index (κ3) is 6.20. The second-order valence-corrected chi connectivity index (χ2v) is 13.9. The number of nitrogens with zero attached hydrogens (tertiary/aromatic N) is 6. The largest absolute Gasteiger partial charge is 0.435 e. The Labute approximate surface area is 302 Å². The molecule has 0 aliphatic heterocycles. The van der Waals surface area contributed by atoms with E-state index in [0.717, 1.165) is 35.6 Å². The van der Waals surface area contributed by atoms with E-state index in [2.05, 4.69) is 30.4 Å². The van der Waals surface area contributed by atoms with Crippen LogP contribution >= 0.6 is 11.3 Å². The van der Waals surface area contributed by atoms with Gasteiger partial charge in [-0.1, -0.05) is 6.07 Å². The molecule has 0 saturated heterocycles. The number of alkyl halides is 5. The van der Waals surface area contributed by atoms with Crippen LogP contribution in [0.15, 0.2) is 61.2 Å². The number of thiazole rings is 1. The summed E-state index contributed by atoms with van der Waals surface area (Å²) in [6.07, 6.45) is -1.32. The maximum atomic E-state index is 15.3. The molecule has 1 saturated carbocycles. The van der Waals surface area contributed by atoms with Gasteiger partial charge in [0.15, 0.2) is 11.3 Å². The number of benzene rings is 2. The van der Waals surface area contributed by atoms with Crippen molar-refractivity contribution in [2.75, 3.05) is 0 Å². The zero-order valence-electron chi connectivity index (χ0n) is 27.1. The minimum Gasteiger partial charge on any atom is -0.366 e. The lowest BCUT2D eigenvalue weighted by Gasteiger charge is -2.23. The van der Waals surface area contributed by atoms with Crippen molar-refractivity contribution in [3.63, 3.8) is 0 Å². The van der Waals surface area contributed by atoms with Crippen molar-refractivity contribution in [2.24, 2.45) is 11.7 Å². The first-order valence-corrected chi connectivity index (χ1v) is 16.9. The van der Waals surface area contributed by atoms with Crippen LogP contribution in [-0.2, 0) is 29.9 Å². The van der Waals surface area contributed by atoms with Crippen molar-refractivity contribution in [1.82, 2.24) is 35.0 Å². The van der Waals surface area contributed by atoms with Crippen LogP contribution in [0.5, 0.6) is 0 Å². The molecule has 0 bridgehead atoms. The Morgan fingerprint density at radius 2 is 1.72 bits per heavy atom. The topological polar surface area (TPSA) is 142 Å². The number of fused-ring (bicyclic) bond motifs is 4. The van der Waals surface area contributed by atoms with E-state index in [-0.39, 0.29) is 34.5 Å². The number of nitrogens with one attached hydrogen (secondary N) is 1. The Morgan fingerprint density at radius 1 is 1.00 bits per heavy atom. The normalized spacial score (nSPS) is 17.6. The maximum Gasteiger partial charge on any atom is 0.435 e. The number of nitrogens with two attached hydrogens (primary N) is 1. The van der Waals surface area contributed by atoms with Crippen LogP contribution < -0.4 is 11.1 Å². The Balaban J connectivity index is 1.26. The Kier molecular flexibility index (Phi) is 8.23. The highest BCUT2D eigenvalue weighted by atomic mass is 32.1. The van der Waals surface area contributed by atoms with Crippen molar-refractivity contribution >= 4 is 33.5 Å². The van der Waals surface area contributed by atoms with Gasteiger partial charge < -0.3 is 11.1 Å². The van der Waals surface area contributed by atoms with Gasteiger partial charge in [-0.25, -0.2) is 33.1 Å². The molecule has 4 heterocycles. The number of hydrogen-bond acceptors (Lipinski definition) is 8. The molecule has 276 valence electrons. The van der Waals surface area contributed by atoms with Gasteiger partial charge >= 0.3 is 6.18 Å². The van der Waals surface area contributed by atoms with Gasteiger partial charge in [-0.3, -0.25) is 14.3 Å². The van der Waals surface area contributed by atoms with Crippen molar-refractivity contribution < 1.29 is 44.7 Å². The number of hydrogen-bond donors (Lipinski definition) is 2. The second kappa shape index (κ2) is 12.6. The van der Waals surface area contributed by atoms with Gasteiger partial charge in [-0.2, -0.15) is 27.1 Å². The molecule has 3 N–H and O–H groups in total. The van der Waals surface area contributed by atoms with Gasteiger partial charge in [0.1, 0.15) is 41.0 Å². The zero-order valence-corrected chi connectivity index (χ0v) is 28.0. The lowest BCUT2D eigenvalue weighted by Crippen LogP contribution is -2.35. The number of amides is 2. The van der Waals surface area contributed by atoms with E-state index >= 15 is 8.78 Å². The molecule has 0 radical (unpaired) electrons. The number of carbonyl (C=O) groups is 2. The van der Waals surface area contributed by atoms with Crippen molar-refractivity contribution in [1.29, 1.82) is 0 Å². The number of halogens is 8. The molecule has 0 spiro atoms. The number of pyridine rings is 1. The highest BCUT2D eigenvalue weighted by Gasteiger charge is 2.68. The summed E-state index contributed by atoms with van der Waals surface area (Å²) in [5, 5.41) is 6.40. The summed E-state index contributed by atoms with van der Waals surface area (Å²) in [7, 11) is 0. The Bertz CT molecular complexity index is 2480. The van der Waals surface area contributed by atoms with E-state index in [1.807, 2.05) is 0 Å². The quantitative estimate of drug-likeness (QED) is 0.153. The predicted octanol–water partition coefficient (Wildman–Crippen LogP) is 6.86. The fraction of sp³-hybridized carbons (Fsp3) is 0.229. The summed E-state index contributed by atoms with van der Waals surface area (Å²) in [4.78, 5) is 43.1. The van der Waals surface area contributed by atoms with Gasteiger partial charge in [0.05, 0.1) is 22.0 Å². The Morgan fingerprint density at radius 3 is 2.41 bits per heavy atom. The van der Waals surface area contributed by atoms with Crippen molar-refractivity contribution in [3.05, 3.63) is 112 Å². The fourth-order valence-corrected chi connectivity index (χ4v) is 7.86. The standard InChI is InChI=1S/C35H22F8N8O2S/c36-17-3-14(4-18(37)7-17)5-24(47-26(52)12-51-30-27(29(50-51)35(41,42)43)20-8-22(20)34(30,39)40)28-19(15-1-2-23(38)21(6-15)31(44)53)9-25-32(48-28)49-33(54-25)16-10-45-13-46-11-16/h1-4,6-7,9-11,13,20,22,24H,5,8,12H2,(H2,44,53)(H,47,52)/t20-,22+,24-/m0/s1.